The Bertz CT molecular complexity index is 406. The Morgan fingerprint density at radius 2 is 2.33 bits per heavy atom. The van der Waals surface area contributed by atoms with Crippen LogP contribution in [0.4, 0.5) is 0 Å². The smallest absolute Gasteiger partial charge is 0.0475 e. The van der Waals surface area contributed by atoms with E-state index < -0.39 is 0 Å². The van der Waals surface area contributed by atoms with Gasteiger partial charge in [0.05, 0.1) is 0 Å². The summed E-state index contributed by atoms with van der Waals surface area (Å²) in [6, 6.07) is 1.18. The highest BCUT2D eigenvalue weighted by Gasteiger charge is 2.51. The van der Waals surface area contributed by atoms with Crippen LogP contribution < -0.4 is 5.73 Å². The van der Waals surface area contributed by atoms with Crippen molar-refractivity contribution in [2.24, 2.45) is 28.5 Å². The molecule has 0 bridgehead atoms. The number of nitrogens with zero attached hydrogens (tertiary/aromatic N) is 2. The number of hydrogen-bond donors (Lipinski definition) is 1. The summed E-state index contributed by atoms with van der Waals surface area (Å²) in [6.45, 7) is 2.23. The van der Waals surface area contributed by atoms with E-state index in [0.29, 0.717) is 12.0 Å². The number of nitrogens with two attached hydrogens (primary N) is 1. The fourth-order valence-electron chi connectivity index (χ4n) is 4.55. The summed E-state index contributed by atoms with van der Waals surface area (Å²) in [5, 5.41) is 0. The first-order valence-corrected chi connectivity index (χ1v) is 8.30. The fraction of sp³-hybridized carbons (Fsp3) is 0.786. The molecule has 0 spiro atoms. The summed E-state index contributed by atoms with van der Waals surface area (Å²) in [5.41, 5.74) is 7.88. The third-order valence-electron chi connectivity index (χ3n) is 5.15. The molecule has 5 atom stereocenters. The van der Waals surface area contributed by atoms with Crippen molar-refractivity contribution in [2.45, 2.75) is 24.9 Å². The number of hydrogen-bond acceptors (Lipinski definition) is 4. The largest absolute Gasteiger partial charge is 0.370 e. The predicted octanol–water partition coefficient (Wildman–Crippen LogP) is 1.36. The van der Waals surface area contributed by atoms with Crippen LogP contribution in [-0.2, 0) is 0 Å². The number of dihydropyridines is 1. The average molecular weight is 263 g/mol. The Morgan fingerprint density at radius 1 is 1.39 bits per heavy atom. The van der Waals surface area contributed by atoms with E-state index in [1.165, 1.54) is 30.9 Å². The van der Waals surface area contributed by atoms with Crippen LogP contribution in [0.2, 0.25) is 0 Å². The highest BCUT2D eigenvalue weighted by atomic mass is 32.2. The maximum Gasteiger partial charge on any atom is 0.0475 e. The molecule has 98 valence electrons. The van der Waals surface area contributed by atoms with Gasteiger partial charge in [0, 0.05) is 48.8 Å². The van der Waals surface area contributed by atoms with Crippen LogP contribution in [-0.4, -0.2) is 47.8 Å². The molecule has 0 aromatic heterocycles. The molecule has 3 fully saturated rings. The first-order valence-electron chi connectivity index (χ1n) is 7.14. The zero-order valence-electron chi connectivity index (χ0n) is 10.7. The molecule has 1 saturated carbocycles. The molecule has 0 radical (unpaired) electrons. The molecule has 3 aliphatic heterocycles. The van der Waals surface area contributed by atoms with Gasteiger partial charge in [0.15, 0.2) is 0 Å². The second kappa shape index (κ2) is 4.27. The van der Waals surface area contributed by atoms with E-state index in [0.717, 1.165) is 24.4 Å². The zero-order valence-corrected chi connectivity index (χ0v) is 11.5. The van der Waals surface area contributed by atoms with E-state index in [1.54, 1.807) is 5.70 Å². The lowest BCUT2D eigenvalue weighted by Crippen LogP contribution is -2.47. The molecular formula is C14H21N3S. The molecule has 5 unspecified atom stereocenters. The van der Waals surface area contributed by atoms with Crippen molar-refractivity contribution in [1.29, 1.82) is 0 Å². The zero-order chi connectivity index (χ0) is 12.1. The van der Waals surface area contributed by atoms with Gasteiger partial charge in [-0.25, -0.2) is 0 Å². The molecule has 3 nitrogen and oxygen atoms in total. The van der Waals surface area contributed by atoms with Crippen molar-refractivity contribution in [3.05, 3.63) is 11.8 Å². The molecule has 2 N–H and O–H groups in total. The van der Waals surface area contributed by atoms with Gasteiger partial charge < -0.3 is 10.6 Å². The summed E-state index contributed by atoms with van der Waals surface area (Å²) < 4.78 is 0. The Hall–Kier alpha value is -0.480. The Morgan fingerprint density at radius 3 is 3.28 bits per heavy atom. The minimum atomic E-state index is 0.419. The Balaban J connectivity index is 1.74. The number of aliphatic imine (C=N–C) groups is 1. The molecular weight excluding hydrogens is 242 g/mol. The quantitative estimate of drug-likeness (QED) is 0.717. The van der Waals surface area contributed by atoms with E-state index >= 15 is 0 Å². The summed E-state index contributed by atoms with van der Waals surface area (Å²) >= 11 is 2.12. The molecule has 0 aromatic rings. The number of fused-ring (bicyclic) bond motifs is 3. The van der Waals surface area contributed by atoms with Gasteiger partial charge in [0.2, 0.25) is 0 Å². The highest BCUT2D eigenvalue weighted by molar-refractivity contribution is 7.99. The standard InChI is InChI=1S/C14H21N3S/c15-10-5-9-8-18-4-3-17-13-1-2-16-7-12(13)11(6-10)14(9)17/h1-2,9-12,14H,3-8,15H2. The number of allylic oxidation sites excluding steroid dienone is 1. The Kier molecular flexibility index (Phi) is 2.69. The van der Waals surface area contributed by atoms with Gasteiger partial charge >= 0.3 is 0 Å². The third kappa shape index (κ3) is 1.58. The van der Waals surface area contributed by atoms with Crippen molar-refractivity contribution >= 4 is 18.0 Å². The predicted molar refractivity (Wildman–Crippen MR) is 76.9 cm³/mol. The van der Waals surface area contributed by atoms with Crippen molar-refractivity contribution in [3.63, 3.8) is 0 Å². The molecule has 1 aliphatic carbocycles. The summed E-state index contributed by atoms with van der Waals surface area (Å²) in [7, 11) is 0. The summed E-state index contributed by atoms with van der Waals surface area (Å²) in [5.74, 6) is 4.82. The van der Waals surface area contributed by atoms with E-state index in [1.807, 2.05) is 6.21 Å². The van der Waals surface area contributed by atoms with Crippen LogP contribution in [0, 0.1) is 17.8 Å². The number of rotatable bonds is 0. The fourth-order valence-corrected chi connectivity index (χ4v) is 5.68. The van der Waals surface area contributed by atoms with Gasteiger partial charge in [-0.1, -0.05) is 0 Å². The molecule has 4 rings (SSSR count). The lowest BCUT2D eigenvalue weighted by molar-refractivity contribution is 0.131. The molecule has 0 amide bonds. The van der Waals surface area contributed by atoms with Crippen LogP contribution in [0.25, 0.3) is 0 Å². The summed E-state index contributed by atoms with van der Waals surface area (Å²) in [4.78, 5) is 7.22. The van der Waals surface area contributed by atoms with Gasteiger partial charge in [-0.15, -0.1) is 0 Å². The van der Waals surface area contributed by atoms with Gasteiger partial charge in [-0.2, -0.15) is 11.8 Å². The van der Waals surface area contributed by atoms with Crippen LogP contribution in [0.5, 0.6) is 0 Å². The van der Waals surface area contributed by atoms with Crippen molar-refractivity contribution in [1.82, 2.24) is 4.90 Å². The molecule has 4 aliphatic rings. The van der Waals surface area contributed by atoms with E-state index in [-0.39, 0.29) is 0 Å². The van der Waals surface area contributed by atoms with Crippen LogP contribution in [0.1, 0.15) is 12.8 Å². The van der Waals surface area contributed by atoms with E-state index in [9.17, 15) is 0 Å². The van der Waals surface area contributed by atoms with Crippen LogP contribution in [0.3, 0.4) is 0 Å². The van der Waals surface area contributed by atoms with Crippen LogP contribution >= 0.6 is 11.8 Å². The van der Waals surface area contributed by atoms with Gasteiger partial charge in [0.1, 0.15) is 0 Å². The first-order chi connectivity index (χ1) is 8.84. The van der Waals surface area contributed by atoms with Gasteiger partial charge in [-0.3, -0.25) is 4.99 Å². The van der Waals surface area contributed by atoms with Crippen LogP contribution in [0.15, 0.2) is 16.8 Å². The van der Waals surface area contributed by atoms with Gasteiger partial charge in [-0.05, 0) is 36.5 Å². The molecule has 2 saturated heterocycles. The van der Waals surface area contributed by atoms with Crippen molar-refractivity contribution < 1.29 is 0 Å². The highest BCUT2D eigenvalue weighted by Crippen LogP contribution is 2.50. The molecule has 4 heteroatoms. The SMILES string of the molecule is NC1CC2CSCCN3C4=CC=NCC4C(C1)C23. The topological polar surface area (TPSA) is 41.6 Å². The molecule has 0 aromatic carbocycles. The third-order valence-corrected chi connectivity index (χ3v) is 6.29. The Labute approximate surface area is 113 Å². The second-order valence-electron chi connectivity index (χ2n) is 6.13. The normalized spacial score (nSPS) is 46.2. The monoisotopic (exact) mass is 263 g/mol. The maximum atomic E-state index is 6.31. The van der Waals surface area contributed by atoms with Crippen molar-refractivity contribution in [3.8, 4) is 0 Å². The minimum absolute atomic E-state index is 0.419. The first kappa shape index (κ1) is 11.4. The van der Waals surface area contributed by atoms with E-state index in [2.05, 4.69) is 27.7 Å². The maximum absolute atomic E-state index is 6.31. The van der Waals surface area contributed by atoms with Crippen molar-refractivity contribution in [2.75, 3.05) is 24.6 Å². The summed E-state index contributed by atoms with van der Waals surface area (Å²) in [6.07, 6.45) is 6.71. The second-order valence-corrected chi connectivity index (χ2v) is 7.28. The van der Waals surface area contributed by atoms with E-state index in [4.69, 9.17) is 5.73 Å². The molecule has 18 heavy (non-hydrogen) atoms. The lowest BCUT2D eigenvalue weighted by atomic mass is 9.72. The average Bonchev–Trinajstić information content (AvgIpc) is 2.55. The number of thioether (sulfide) groups is 1. The molecule has 3 heterocycles. The minimum Gasteiger partial charge on any atom is -0.370 e. The van der Waals surface area contributed by atoms with Gasteiger partial charge in [0.25, 0.3) is 0 Å². The lowest BCUT2D eigenvalue weighted by Gasteiger charge is -2.40.